The fourth-order valence-electron chi connectivity index (χ4n) is 3.93. The first-order valence-corrected chi connectivity index (χ1v) is 13.3. The van der Waals surface area contributed by atoms with Gasteiger partial charge < -0.3 is 0 Å². The Kier molecular flexibility index (Phi) is 6.46. The van der Waals surface area contributed by atoms with Gasteiger partial charge in [0.15, 0.2) is 0 Å². The van der Waals surface area contributed by atoms with Gasteiger partial charge in [-0.2, -0.15) is 0 Å². The van der Waals surface area contributed by atoms with Gasteiger partial charge in [0.2, 0.25) is 0 Å². The maximum absolute atomic E-state index is 13.2. The standard InChI is InChI=1S/C20H26F2N8O2SSe/c1-11-9-29(7-6-23-11)13-8-12(32-33-28(3)27-20(2)4-5-20)10-30-14(17(31)24-16(13)30)18-25-26-19(34-18)15(21)22/h8,10-11,15,23,27,31H,4-7,9H2,1-3H3. The summed E-state index contributed by atoms with van der Waals surface area (Å²) in [5, 5.41) is 21.7. The minimum absolute atomic E-state index is 0.103. The second-order valence-corrected chi connectivity index (χ2v) is 11.9. The Hall–Kier alpha value is -1.96. The first-order valence-electron chi connectivity index (χ1n) is 10.9. The summed E-state index contributed by atoms with van der Waals surface area (Å²) in [6.45, 7) is 6.56. The summed E-state index contributed by atoms with van der Waals surface area (Å²) in [5.74, 6) is 0.272. The number of rotatable bonds is 8. The first kappa shape index (κ1) is 23.8. The molecule has 0 bridgehead atoms. The molecule has 3 aromatic rings. The molecule has 5 rings (SSSR count). The van der Waals surface area contributed by atoms with Crippen molar-refractivity contribution in [1.82, 2.24) is 34.7 Å². The van der Waals surface area contributed by atoms with Crippen molar-refractivity contribution in [1.29, 1.82) is 0 Å². The summed E-state index contributed by atoms with van der Waals surface area (Å²) < 4.78 is 35.9. The number of aromatic hydroxyl groups is 1. The van der Waals surface area contributed by atoms with Crippen LogP contribution in [0.4, 0.5) is 14.5 Å². The summed E-state index contributed by atoms with van der Waals surface area (Å²) in [7, 11) is 1.89. The summed E-state index contributed by atoms with van der Waals surface area (Å²) in [4.78, 5) is 6.56. The van der Waals surface area contributed by atoms with Gasteiger partial charge in [-0.05, 0) is 0 Å². The van der Waals surface area contributed by atoms with Crippen LogP contribution in [0, 0.1) is 0 Å². The number of anilines is 1. The van der Waals surface area contributed by atoms with Crippen molar-refractivity contribution in [2.24, 2.45) is 0 Å². The number of pyridine rings is 1. The van der Waals surface area contributed by atoms with Crippen LogP contribution in [0.2, 0.25) is 0 Å². The SMILES string of the molecule is CC1CN(c2cc(OSN(C)NC3(C)CC3)cn3c(-c4nnc(C(F)F)[se]4)c(O)nc23)CCN1. The van der Waals surface area contributed by atoms with E-state index in [1.165, 1.54) is 0 Å². The van der Waals surface area contributed by atoms with E-state index in [1.54, 1.807) is 10.6 Å². The zero-order valence-electron chi connectivity index (χ0n) is 19.0. The van der Waals surface area contributed by atoms with Gasteiger partial charge in [0.1, 0.15) is 0 Å². The van der Waals surface area contributed by atoms with Crippen molar-refractivity contribution >= 4 is 38.1 Å². The third-order valence-corrected chi connectivity index (χ3v) is 8.42. The zero-order valence-corrected chi connectivity index (χ0v) is 21.5. The summed E-state index contributed by atoms with van der Waals surface area (Å²) >= 11 is 0.352. The number of hydrazine groups is 1. The predicted octanol–water partition coefficient (Wildman–Crippen LogP) is 2.22. The van der Waals surface area contributed by atoms with Crippen molar-refractivity contribution < 1.29 is 18.1 Å². The molecule has 2 aliphatic rings. The normalized spacial score (nSPS) is 20.0. The van der Waals surface area contributed by atoms with E-state index in [9.17, 15) is 13.9 Å². The zero-order chi connectivity index (χ0) is 24.0. The second-order valence-electron chi connectivity index (χ2n) is 8.91. The van der Waals surface area contributed by atoms with Gasteiger partial charge in [-0.1, -0.05) is 0 Å². The Morgan fingerprint density at radius 3 is 2.88 bits per heavy atom. The Morgan fingerprint density at radius 2 is 2.21 bits per heavy atom. The van der Waals surface area contributed by atoms with E-state index in [2.05, 4.69) is 44.7 Å². The minimum atomic E-state index is -2.67. The Labute approximate surface area is 205 Å². The van der Waals surface area contributed by atoms with Gasteiger partial charge in [-0.25, -0.2) is 0 Å². The van der Waals surface area contributed by atoms with Gasteiger partial charge in [-0.3, -0.25) is 0 Å². The van der Waals surface area contributed by atoms with Gasteiger partial charge in [-0.15, -0.1) is 0 Å². The van der Waals surface area contributed by atoms with E-state index in [-0.39, 0.29) is 27.7 Å². The molecule has 1 aliphatic heterocycles. The molecule has 1 aliphatic carbocycles. The molecular weight excluding hydrogens is 533 g/mol. The third-order valence-electron chi connectivity index (χ3n) is 5.87. The van der Waals surface area contributed by atoms with Crippen LogP contribution >= 0.6 is 12.2 Å². The van der Waals surface area contributed by atoms with Gasteiger partial charge in [0.25, 0.3) is 0 Å². The summed E-state index contributed by atoms with van der Waals surface area (Å²) in [5.41, 5.74) is 5.06. The van der Waals surface area contributed by atoms with E-state index in [0.29, 0.717) is 16.0 Å². The fourth-order valence-corrected chi connectivity index (χ4v) is 6.03. The maximum atomic E-state index is 13.2. The van der Waals surface area contributed by atoms with E-state index in [1.807, 2.05) is 17.5 Å². The molecule has 1 saturated heterocycles. The van der Waals surface area contributed by atoms with Crippen LogP contribution in [0.5, 0.6) is 11.6 Å². The molecule has 34 heavy (non-hydrogen) atoms. The van der Waals surface area contributed by atoms with E-state index in [0.717, 1.165) is 50.4 Å². The van der Waals surface area contributed by atoms with Gasteiger partial charge in [0.05, 0.1) is 0 Å². The second kappa shape index (κ2) is 9.25. The molecule has 3 aromatic heterocycles. The third kappa shape index (κ3) is 4.88. The molecule has 1 atom stereocenters. The van der Waals surface area contributed by atoms with E-state index >= 15 is 0 Å². The van der Waals surface area contributed by atoms with Crippen LogP contribution in [-0.4, -0.2) is 81.9 Å². The van der Waals surface area contributed by atoms with Gasteiger partial charge >= 0.3 is 206 Å². The first-order chi connectivity index (χ1) is 16.2. The molecule has 2 fully saturated rings. The van der Waals surface area contributed by atoms with Crippen molar-refractivity contribution in [2.45, 2.75) is 44.7 Å². The number of hydrogen-bond acceptors (Lipinski definition) is 10. The van der Waals surface area contributed by atoms with Crippen LogP contribution < -0.4 is 19.8 Å². The molecule has 3 N–H and O–H groups in total. The van der Waals surface area contributed by atoms with E-state index < -0.39 is 20.9 Å². The predicted molar refractivity (Wildman–Crippen MR) is 126 cm³/mol. The van der Waals surface area contributed by atoms with Crippen molar-refractivity contribution in [3.8, 4) is 21.9 Å². The molecule has 4 heterocycles. The number of imidazole rings is 1. The number of alkyl halides is 2. The van der Waals surface area contributed by atoms with E-state index in [4.69, 9.17) is 4.18 Å². The average Bonchev–Trinajstić information content (AvgIpc) is 3.18. The number of piperazine rings is 1. The number of nitrogens with zero attached hydrogens (tertiary/aromatic N) is 6. The Bertz CT molecular complexity index is 1190. The van der Waals surface area contributed by atoms with Crippen molar-refractivity contribution in [2.75, 3.05) is 31.6 Å². The van der Waals surface area contributed by atoms with Crippen molar-refractivity contribution in [3.05, 3.63) is 16.8 Å². The monoisotopic (exact) mass is 560 g/mol. The molecule has 1 saturated carbocycles. The molecular formula is C20H26F2N8O2SSe. The van der Waals surface area contributed by atoms with Crippen LogP contribution in [0.15, 0.2) is 12.3 Å². The molecule has 10 nitrogen and oxygen atoms in total. The molecule has 1 unspecified atom stereocenters. The fraction of sp³-hybridized carbons (Fsp3) is 0.550. The number of fused-ring (bicyclic) bond motifs is 1. The molecule has 0 spiro atoms. The molecule has 14 heteroatoms. The number of aromatic nitrogens is 4. The molecule has 184 valence electrons. The van der Waals surface area contributed by atoms with Crippen LogP contribution in [0.25, 0.3) is 15.9 Å². The summed E-state index contributed by atoms with van der Waals surface area (Å²) in [6, 6.07) is 2.17. The topological polar surface area (TPSA) is 103 Å². The van der Waals surface area contributed by atoms with Crippen LogP contribution in [0.1, 0.15) is 37.7 Å². The molecule has 0 radical (unpaired) electrons. The van der Waals surface area contributed by atoms with Crippen molar-refractivity contribution in [3.63, 3.8) is 0 Å². The molecule has 0 aromatic carbocycles. The van der Waals surface area contributed by atoms with Gasteiger partial charge in [0, 0.05) is 0 Å². The number of nitrogens with one attached hydrogen (secondary N) is 2. The average molecular weight is 560 g/mol. The Balaban J connectivity index is 1.53. The van der Waals surface area contributed by atoms with Crippen LogP contribution in [0.3, 0.4) is 0 Å². The Morgan fingerprint density at radius 1 is 1.41 bits per heavy atom. The number of hydrogen-bond donors (Lipinski definition) is 3. The molecule has 0 amide bonds. The number of halogens is 2. The van der Waals surface area contributed by atoms with Crippen LogP contribution in [-0.2, 0) is 0 Å². The quantitative estimate of drug-likeness (QED) is 0.165. The summed E-state index contributed by atoms with van der Waals surface area (Å²) in [6.07, 6.45) is 1.25.